The van der Waals surface area contributed by atoms with Crippen molar-refractivity contribution in [2.75, 3.05) is 5.32 Å². The van der Waals surface area contributed by atoms with Crippen LogP contribution in [-0.4, -0.2) is 27.1 Å². The number of nitrogens with zero attached hydrogens (tertiary/aromatic N) is 2. The van der Waals surface area contributed by atoms with Crippen LogP contribution in [0.25, 0.3) is 0 Å². The zero-order valence-corrected chi connectivity index (χ0v) is 11.3. The molecule has 21 heavy (non-hydrogen) atoms. The van der Waals surface area contributed by atoms with Crippen LogP contribution in [0.1, 0.15) is 21.6 Å². The number of amides is 2. The summed E-state index contributed by atoms with van der Waals surface area (Å²) in [6.45, 7) is 2.11. The number of nitrogens with one attached hydrogen (secondary N) is 2. The second-order valence-electron chi connectivity index (χ2n) is 4.36. The van der Waals surface area contributed by atoms with Gasteiger partial charge in [0.15, 0.2) is 0 Å². The quantitative estimate of drug-likeness (QED) is 0.795. The average Bonchev–Trinajstić information content (AvgIpc) is 2.48. The second-order valence-corrected chi connectivity index (χ2v) is 4.36. The Balaban J connectivity index is 1.89. The lowest BCUT2D eigenvalue weighted by molar-refractivity contribution is 0.0690. The van der Waals surface area contributed by atoms with Crippen LogP contribution in [0.5, 0.6) is 0 Å². The van der Waals surface area contributed by atoms with E-state index in [9.17, 15) is 9.59 Å². The summed E-state index contributed by atoms with van der Waals surface area (Å²) in [5, 5.41) is 14.1. The maximum atomic E-state index is 11.7. The number of pyridine rings is 2. The fourth-order valence-corrected chi connectivity index (χ4v) is 1.60. The van der Waals surface area contributed by atoms with Gasteiger partial charge in [-0.3, -0.25) is 4.98 Å². The smallest absolute Gasteiger partial charge is 0.354 e. The van der Waals surface area contributed by atoms with Crippen molar-refractivity contribution >= 4 is 17.7 Å². The summed E-state index contributed by atoms with van der Waals surface area (Å²) in [5.74, 6) is -1.08. The number of carboxylic acid groups (broad SMARTS) is 1. The number of aromatic carboxylic acids is 1. The molecule has 0 aliphatic rings. The predicted octanol–water partition coefficient (Wildman–Crippen LogP) is 1.80. The molecule has 0 unspecified atom stereocenters. The van der Waals surface area contributed by atoms with Crippen LogP contribution in [0.3, 0.4) is 0 Å². The Morgan fingerprint density at radius 2 is 2.05 bits per heavy atom. The fourth-order valence-electron chi connectivity index (χ4n) is 1.60. The molecule has 0 bridgehead atoms. The van der Waals surface area contributed by atoms with E-state index in [0.717, 1.165) is 5.56 Å². The van der Waals surface area contributed by atoms with E-state index in [0.29, 0.717) is 11.3 Å². The lowest BCUT2D eigenvalue weighted by atomic mass is 10.2. The first kappa shape index (κ1) is 14.4. The first-order valence-electron chi connectivity index (χ1n) is 6.20. The first-order chi connectivity index (χ1) is 10.1. The molecule has 2 rings (SSSR count). The highest BCUT2D eigenvalue weighted by Crippen LogP contribution is 2.10. The van der Waals surface area contributed by atoms with Crippen molar-refractivity contribution in [3.8, 4) is 0 Å². The van der Waals surface area contributed by atoms with E-state index in [4.69, 9.17) is 5.11 Å². The molecule has 2 heterocycles. The molecule has 2 aromatic rings. The van der Waals surface area contributed by atoms with Gasteiger partial charge < -0.3 is 15.7 Å². The van der Waals surface area contributed by atoms with Gasteiger partial charge in [-0.2, -0.15) is 0 Å². The van der Waals surface area contributed by atoms with E-state index in [2.05, 4.69) is 20.6 Å². The van der Waals surface area contributed by atoms with Crippen molar-refractivity contribution in [3.05, 3.63) is 53.6 Å². The normalized spacial score (nSPS) is 9.95. The lowest BCUT2D eigenvalue weighted by Gasteiger charge is -2.09. The molecule has 0 radical (unpaired) electrons. The van der Waals surface area contributed by atoms with Gasteiger partial charge in [-0.25, -0.2) is 14.6 Å². The summed E-state index contributed by atoms with van der Waals surface area (Å²) in [7, 11) is 0. The molecule has 0 saturated carbocycles. The monoisotopic (exact) mass is 286 g/mol. The van der Waals surface area contributed by atoms with E-state index < -0.39 is 5.97 Å². The zero-order valence-electron chi connectivity index (χ0n) is 11.3. The van der Waals surface area contributed by atoms with Crippen LogP contribution in [0.15, 0.2) is 36.8 Å². The van der Waals surface area contributed by atoms with E-state index in [1.165, 1.54) is 12.3 Å². The number of aryl methyl sites for hydroxylation is 1. The first-order valence-corrected chi connectivity index (χ1v) is 6.20. The maximum absolute atomic E-state index is 11.7. The van der Waals surface area contributed by atoms with Gasteiger partial charge in [-0.05, 0) is 30.2 Å². The zero-order chi connectivity index (χ0) is 15.2. The number of carboxylic acids is 1. The number of anilines is 1. The van der Waals surface area contributed by atoms with Gasteiger partial charge in [0.25, 0.3) is 0 Å². The highest BCUT2D eigenvalue weighted by atomic mass is 16.4. The molecule has 7 nitrogen and oxygen atoms in total. The average molecular weight is 286 g/mol. The highest BCUT2D eigenvalue weighted by molar-refractivity contribution is 5.89. The Bertz CT molecular complexity index is 656. The van der Waals surface area contributed by atoms with Gasteiger partial charge in [0.2, 0.25) is 0 Å². The molecular formula is C14H14N4O3. The van der Waals surface area contributed by atoms with E-state index in [-0.39, 0.29) is 18.3 Å². The van der Waals surface area contributed by atoms with E-state index in [1.54, 1.807) is 24.5 Å². The van der Waals surface area contributed by atoms with Crippen LogP contribution < -0.4 is 10.6 Å². The number of aromatic nitrogens is 2. The highest BCUT2D eigenvalue weighted by Gasteiger charge is 2.06. The van der Waals surface area contributed by atoms with Crippen LogP contribution in [0.2, 0.25) is 0 Å². The van der Waals surface area contributed by atoms with Crippen molar-refractivity contribution in [2.24, 2.45) is 0 Å². The van der Waals surface area contributed by atoms with Gasteiger partial charge >= 0.3 is 12.0 Å². The van der Waals surface area contributed by atoms with E-state index in [1.807, 2.05) is 6.92 Å². The summed E-state index contributed by atoms with van der Waals surface area (Å²) in [5.41, 5.74) is 2.22. The van der Waals surface area contributed by atoms with Gasteiger partial charge in [-0.1, -0.05) is 6.07 Å². The van der Waals surface area contributed by atoms with Crippen LogP contribution in [0, 0.1) is 6.92 Å². The Kier molecular flexibility index (Phi) is 4.45. The van der Waals surface area contributed by atoms with Crippen molar-refractivity contribution in [2.45, 2.75) is 13.5 Å². The van der Waals surface area contributed by atoms with Crippen LogP contribution in [0.4, 0.5) is 10.5 Å². The third kappa shape index (κ3) is 4.00. The molecule has 0 aliphatic heterocycles. The molecule has 0 spiro atoms. The molecule has 7 heteroatoms. The molecule has 0 atom stereocenters. The molecule has 108 valence electrons. The fraction of sp³-hybridized carbons (Fsp3) is 0.143. The minimum Gasteiger partial charge on any atom is -0.477 e. The molecule has 3 N–H and O–H groups in total. The van der Waals surface area contributed by atoms with Crippen LogP contribution in [-0.2, 0) is 6.54 Å². The number of carbonyl (C=O) groups is 2. The minimum absolute atomic E-state index is 0.0332. The number of carbonyl (C=O) groups excluding carboxylic acids is 1. The summed E-state index contributed by atoms with van der Waals surface area (Å²) < 4.78 is 0. The standard InChI is InChI=1S/C14H14N4O3/c1-9-4-5-15-8-12(9)18-14(21)17-7-10-2-3-11(13(19)20)16-6-10/h2-6,8H,7H2,1H3,(H,19,20)(H2,17,18,21). The van der Waals surface area contributed by atoms with Crippen molar-refractivity contribution in [1.29, 1.82) is 0 Å². The van der Waals surface area contributed by atoms with Crippen molar-refractivity contribution in [3.63, 3.8) is 0 Å². The number of hydrogen-bond acceptors (Lipinski definition) is 4. The number of rotatable bonds is 4. The molecular weight excluding hydrogens is 272 g/mol. The number of hydrogen-bond donors (Lipinski definition) is 3. The second kappa shape index (κ2) is 6.47. The topological polar surface area (TPSA) is 104 Å². The third-order valence-corrected chi connectivity index (χ3v) is 2.78. The van der Waals surface area contributed by atoms with E-state index >= 15 is 0 Å². The minimum atomic E-state index is -1.08. The molecule has 2 amide bonds. The summed E-state index contributed by atoms with van der Waals surface area (Å²) in [6.07, 6.45) is 4.63. The Morgan fingerprint density at radius 1 is 1.24 bits per heavy atom. The predicted molar refractivity (Wildman–Crippen MR) is 76.0 cm³/mol. The van der Waals surface area contributed by atoms with Gasteiger partial charge in [0.1, 0.15) is 5.69 Å². The lowest BCUT2D eigenvalue weighted by Crippen LogP contribution is -2.28. The summed E-state index contributed by atoms with van der Waals surface area (Å²) in [6, 6.07) is 4.42. The van der Waals surface area contributed by atoms with Crippen LogP contribution >= 0.6 is 0 Å². The third-order valence-electron chi connectivity index (χ3n) is 2.78. The molecule has 2 aromatic heterocycles. The van der Waals surface area contributed by atoms with Gasteiger partial charge in [-0.15, -0.1) is 0 Å². The van der Waals surface area contributed by atoms with Gasteiger partial charge in [0, 0.05) is 18.9 Å². The van der Waals surface area contributed by atoms with Gasteiger partial charge in [0.05, 0.1) is 11.9 Å². The van der Waals surface area contributed by atoms with Crippen molar-refractivity contribution < 1.29 is 14.7 Å². The Labute approximate surface area is 121 Å². The molecule has 0 saturated heterocycles. The summed E-state index contributed by atoms with van der Waals surface area (Å²) >= 11 is 0. The SMILES string of the molecule is Cc1ccncc1NC(=O)NCc1ccc(C(=O)O)nc1. The van der Waals surface area contributed by atoms with Crippen molar-refractivity contribution in [1.82, 2.24) is 15.3 Å². The largest absolute Gasteiger partial charge is 0.477 e. The maximum Gasteiger partial charge on any atom is 0.354 e. The number of urea groups is 1. The Hall–Kier alpha value is -2.96. The summed E-state index contributed by atoms with van der Waals surface area (Å²) in [4.78, 5) is 30.1. The molecule has 0 aliphatic carbocycles. The molecule has 0 aromatic carbocycles. The molecule has 0 fully saturated rings. The Morgan fingerprint density at radius 3 is 2.67 bits per heavy atom.